The molecule has 0 saturated carbocycles. The number of amides is 2. The highest BCUT2D eigenvalue weighted by Crippen LogP contribution is 2.30. The van der Waals surface area contributed by atoms with Crippen LogP contribution in [0.2, 0.25) is 0 Å². The van der Waals surface area contributed by atoms with E-state index in [-0.39, 0.29) is 42.2 Å². The number of likely N-dealkylation sites (N-methyl/N-ethyl adjacent to an activating group) is 1. The quantitative estimate of drug-likeness (QED) is 0.459. The van der Waals surface area contributed by atoms with Gasteiger partial charge >= 0.3 is 5.69 Å². The van der Waals surface area contributed by atoms with E-state index >= 15 is 0 Å². The summed E-state index contributed by atoms with van der Waals surface area (Å²) in [4.78, 5) is 37.4. The number of nitro groups is 1. The molecule has 1 N–H and O–H groups in total. The number of aryl methyl sites for hydroxylation is 1. The highest BCUT2D eigenvalue weighted by Gasteiger charge is 2.28. The third-order valence-electron chi connectivity index (χ3n) is 4.78. The molecule has 1 unspecified atom stereocenters. The molecule has 0 radical (unpaired) electrons. The van der Waals surface area contributed by atoms with Crippen molar-refractivity contribution in [1.29, 1.82) is 0 Å². The zero-order valence-corrected chi connectivity index (χ0v) is 18.1. The molecule has 0 aliphatic carbocycles. The molecule has 2 aromatic carbocycles. The van der Waals surface area contributed by atoms with Crippen molar-refractivity contribution in [2.24, 2.45) is 0 Å². The van der Waals surface area contributed by atoms with Crippen molar-refractivity contribution >= 4 is 17.5 Å². The van der Waals surface area contributed by atoms with Gasteiger partial charge in [0, 0.05) is 25.7 Å². The number of carbonyl (C=O) groups excluding carboxylic acids is 2. The first-order valence-corrected chi connectivity index (χ1v) is 9.82. The SMILES string of the molecule is CCC(C(=O)NC)N(Cc1cccc(C)c1)C(=O)COc1ccc([N+](=O)[O-])c(OC)c1. The number of ether oxygens (including phenoxy) is 2. The monoisotopic (exact) mass is 429 g/mol. The minimum absolute atomic E-state index is 0.0309. The number of carbonyl (C=O) groups is 2. The van der Waals surface area contributed by atoms with Crippen molar-refractivity contribution in [3.8, 4) is 11.5 Å². The fourth-order valence-electron chi connectivity index (χ4n) is 3.22. The van der Waals surface area contributed by atoms with Crippen LogP contribution in [0.15, 0.2) is 42.5 Å². The molecule has 2 amide bonds. The molecule has 1 atom stereocenters. The van der Waals surface area contributed by atoms with Crippen molar-refractivity contribution in [3.63, 3.8) is 0 Å². The molecule has 9 nitrogen and oxygen atoms in total. The van der Waals surface area contributed by atoms with Crippen LogP contribution in [0.4, 0.5) is 5.69 Å². The van der Waals surface area contributed by atoms with Crippen molar-refractivity contribution in [3.05, 3.63) is 63.7 Å². The van der Waals surface area contributed by atoms with Gasteiger partial charge in [-0.15, -0.1) is 0 Å². The summed E-state index contributed by atoms with van der Waals surface area (Å²) in [6, 6.07) is 11.0. The van der Waals surface area contributed by atoms with E-state index in [1.807, 2.05) is 38.1 Å². The normalized spacial score (nSPS) is 11.4. The summed E-state index contributed by atoms with van der Waals surface area (Å²) in [6.07, 6.45) is 0.433. The first-order chi connectivity index (χ1) is 14.8. The fourth-order valence-corrected chi connectivity index (χ4v) is 3.22. The van der Waals surface area contributed by atoms with Crippen molar-refractivity contribution in [2.45, 2.75) is 32.9 Å². The fraction of sp³-hybridized carbons (Fsp3) is 0.364. The second kappa shape index (κ2) is 11.0. The summed E-state index contributed by atoms with van der Waals surface area (Å²) in [5.74, 6) is -0.363. The number of nitrogens with zero attached hydrogens (tertiary/aromatic N) is 2. The van der Waals surface area contributed by atoms with Gasteiger partial charge in [0.05, 0.1) is 12.0 Å². The van der Waals surface area contributed by atoms with Gasteiger partial charge in [0.25, 0.3) is 5.91 Å². The number of rotatable bonds is 10. The van der Waals surface area contributed by atoms with Crippen LogP contribution in [-0.2, 0) is 16.1 Å². The molecule has 0 fully saturated rings. The average Bonchev–Trinajstić information content (AvgIpc) is 2.76. The minimum atomic E-state index is -0.659. The molecule has 0 saturated heterocycles. The van der Waals surface area contributed by atoms with Gasteiger partial charge in [-0.2, -0.15) is 0 Å². The van der Waals surface area contributed by atoms with Crippen LogP contribution in [0.5, 0.6) is 11.5 Å². The lowest BCUT2D eigenvalue weighted by atomic mass is 10.1. The first kappa shape index (κ1) is 23.7. The molecule has 31 heavy (non-hydrogen) atoms. The van der Waals surface area contributed by atoms with Crippen LogP contribution in [0, 0.1) is 17.0 Å². The topological polar surface area (TPSA) is 111 Å². The summed E-state index contributed by atoms with van der Waals surface area (Å²) < 4.78 is 10.6. The maximum Gasteiger partial charge on any atom is 0.311 e. The van der Waals surface area contributed by atoms with Crippen LogP contribution in [-0.4, -0.2) is 48.4 Å². The Morgan fingerprint density at radius 3 is 2.55 bits per heavy atom. The van der Waals surface area contributed by atoms with Gasteiger partial charge in [0.2, 0.25) is 11.7 Å². The van der Waals surface area contributed by atoms with E-state index in [1.165, 1.54) is 37.3 Å². The van der Waals surface area contributed by atoms with Crippen molar-refractivity contribution < 1.29 is 24.0 Å². The molecule has 0 heterocycles. The van der Waals surface area contributed by atoms with Gasteiger partial charge in [-0.25, -0.2) is 0 Å². The van der Waals surface area contributed by atoms with Crippen LogP contribution < -0.4 is 14.8 Å². The summed E-state index contributed by atoms with van der Waals surface area (Å²) in [5.41, 5.74) is 1.74. The number of benzene rings is 2. The Kier molecular flexibility index (Phi) is 8.36. The Morgan fingerprint density at radius 2 is 1.97 bits per heavy atom. The van der Waals surface area contributed by atoms with Crippen LogP contribution in [0.25, 0.3) is 0 Å². The molecule has 9 heteroatoms. The first-order valence-electron chi connectivity index (χ1n) is 9.82. The molecule has 0 bridgehead atoms. The van der Waals surface area contributed by atoms with E-state index in [9.17, 15) is 19.7 Å². The Hall–Kier alpha value is -3.62. The lowest BCUT2D eigenvalue weighted by molar-refractivity contribution is -0.385. The Balaban J connectivity index is 2.22. The Morgan fingerprint density at radius 1 is 1.23 bits per heavy atom. The molecule has 0 spiro atoms. The second-order valence-corrected chi connectivity index (χ2v) is 6.93. The highest BCUT2D eigenvalue weighted by atomic mass is 16.6. The summed E-state index contributed by atoms with van der Waals surface area (Å²) in [7, 11) is 2.84. The lowest BCUT2D eigenvalue weighted by Crippen LogP contribution is -2.49. The van der Waals surface area contributed by atoms with Crippen molar-refractivity contribution in [2.75, 3.05) is 20.8 Å². The molecular weight excluding hydrogens is 402 g/mol. The van der Waals surface area contributed by atoms with Crippen LogP contribution in [0.3, 0.4) is 0 Å². The Bertz CT molecular complexity index is 947. The average molecular weight is 429 g/mol. The van der Waals surface area contributed by atoms with Gasteiger partial charge in [-0.1, -0.05) is 36.8 Å². The predicted octanol–water partition coefficient (Wildman–Crippen LogP) is 2.84. The molecule has 2 rings (SSSR count). The Labute approximate surface area is 181 Å². The summed E-state index contributed by atoms with van der Waals surface area (Å²) in [6.45, 7) is 3.70. The van der Waals surface area contributed by atoms with E-state index in [4.69, 9.17) is 9.47 Å². The van der Waals surface area contributed by atoms with Crippen LogP contribution in [0.1, 0.15) is 24.5 Å². The number of hydrogen-bond donors (Lipinski definition) is 1. The highest BCUT2D eigenvalue weighted by molar-refractivity contribution is 5.88. The third kappa shape index (κ3) is 6.18. The largest absolute Gasteiger partial charge is 0.490 e. The van der Waals surface area contributed by atoms with Crippen molar-refractivity contribution in [1.82, 2.24) is 10.2 Å². The van der Waals surface area contributed by atoms with E-state index in [0.29, 0.717) is 6.42 Å². The van der Waals surface area contributed by atoms with Gasteiger partial charge in [0.1, 0.15) is 11.8 Å². The van der Waals surface area contributed by atoms with Gasteiger partial charge in [-0.3, -0.25) is 19.7 Å². The summed E-state index contributed by atoms with van der Waals surface area (Å²) >= 11 is 0. The molecular formula is C22H27N3O6. The van der Waals surface area contributed by atoms with Crippen LogP contribution >= 0.6 is 0 Å². The number of methoxy groups -OCH3 is 1. The van der Waals surface area contributed by atoms with E-state index < -0.39 is 11.0 Å². The maximum absolute atomic E-state index is 13.0. The van der Waals surface area contributed by atoms with E-state index in [0.717, 1.165) is 11.1 Å². The minimum Gasteiger partial charge on any atom is -0.490 e. The van der Waals surface area contributed by atoms with Gasteiger partial charge in [-0.05, 0) is 25.0 Å². The molecule has 2 aromatic rings. The standard InChI is InChI=1S/C22H27N3O6/c1-5-18(22(27)23-3)24(13-16-8-6-7-15(2)11-16)21(26)14-31-17-9-10-19(25(28)29)20(12-17)30-4/h6-12,18H,5,13-14H2,1-4H3,(H,23,27). The molecule has 0 aliphatic rings. The zero-order valence-electron chi connectivity index (χ0n) is 18.1. The number of nitrogens with one attached hydrogen (secondary N) is 1. The molecule has 0 aliphatic heterocycles. The molecule has 166 valence electrons. The zero-order chi connectivity index (χ0) is 23.0. The number of hydrogen-bond acceptors (Lipinski definition) is 6. The smallest absolute Gasteiger partial charge is 0.311 e. The molecule has 0 aromatic heterocycles. The van der Waals surface area contributed by atoms with Gasteiger partial charge < -0.3 is 19.7 Å². The predicted molar refractivity (Wildman–Crippen MR) is 115 cm³/mol. The van der Waals surface area contributed by atoms with E-state index in [1.54, 1.807) is 0 Å². The number of nitro benzene ring substituents is 1. The second-order valence-electron chi connectivity index (χ2n) is 6.93. The van der Waals surface area contributed by atoms with Gasteiger partial charge in [0.15, 0.2) is 6.61 Å². The maximum atomic E-state index is 13.0. The lowest BCUT2D eigenvalue weighted by Gasteiger charge is -2.30. The van der Waals surface area contributed by atoms with E-state index in [2.05, 4.69) is 5.32 Å². The summed E-state index contributed by atoms with van der Waals surface area (Å²) in [5, 5.41) is 13.6. The third-order valence-corrected chi connectivity index (χ3v) is 4.78.